The van der Waals surface area contributed by atoms with Gasteiger partial charge in [-0.1, -0.05) is 23.7 Å². The second-order valence-corrected chi connectivity index (χ2v) is 7.50. The average molecular weight is 402 g/mol. The lowest BCUT2D eigenvalue weighted by atomic mass is 9.96. The third kappa shape index (κ3) is 5.16. The molecule has 6 nitrogen and oxygen atoms in total. The average Bonchev–Trinajstić information content (AvgIpc) is 2.70. The molecule has 28 heavy (non-hydrogen) atoms. The monoisotopic (exact) mass is 401 g/mol. The molecule has 3 rings (SSSR count). The van der Waals surface area contributed by atoms with E-state index in [1.165, 1.54) is 0 Å². The summed E-state index contributed by atoms with van der Waals surface area (Å²) in [7, 11) is 1.75. The van der Waals surface area contributed by atoms with Crippen molar-refractivity contribution in [2.75, 3.05) is 30.4 Å². The van der Waals surface area contributed by atoms with Gasteiger partial charge in [0.1, 0.15) is 0 Å². The van der Waals surface area contributed by atoms with Gasteiger partial charge in [0, 0.05) is 43.1 Å². The van der Waals surface area contributed by atoms with E-state index in [0.29, 0.717) is 30.1 Å². The zero-order valence-electron chi connectivity index (χ0n) is 15.8. The number of nitrogens with one attached hydrogen (secondary N) is 1. The van der Waals surface area contributed by atoms with Gasteiger partial charge in [-0.2, -0.15) is 0 Å². The number of rotatable bonds is 5. The summed E-state index contributed by atoms with van der Waals surface area (Å²) in [4.78, 5) is 27.3. The molecule has 1 saturated heterocycles. The normalized spacial score (nSPS) is 14.6. The highest BCUT2D eigenvalue weighted by molar-refractivity contribution is 6.30. The van der Waals surface area contributed by atoms with Gasteiger partial charge in [-0.15, -0.1) is 0 Å². The van der Waals surface area contributed by atoms with E-state index >= 15 is 0 Å². The Bertz CT molecular complexity index is 833. The van der Waals surface area contributed by atoms with Crippen LogP contribution in [0.1, 0.15) is 18.4 Å². The van der Waals surface area contributed by atoms with E-state index in [9.17, 15) is 9.59 Å². The Morgan fingerprint density at radius 3 is 2.50 bits per heavy atom. The smallest absolute Gasteiger partial charge is 0.321 e. The Morgan fingerprint density at radius 1 is 1.18 bits per heavy atom. The number of nitrogens with zero attached hydrogens (tertiary/aromatic N) is 2. The van der Waals surface area contributed by atoms with Crippen LogP contribution in [0.5, 0.6) is 0 Å². The maximum Gasteiger partial charge on any atom is 0.321 e. The molecule has 0 aliphatic carbocycles. The molecule has 2 aromatic carbocycles. The quantitative estimate of drug-likeness (QED) is 0.783. The molecular weight excluding hydrogens is 378 g/mol. The molecule has 0 radical (unpaired) electrons. The van der Waals surface area contributed by atoms with Crippen molar-refractivity contribution < 1.29 is 14.7 Å². The van der Waals surface area contributed by atoms with Crippen molar-refractivity contribution in [3.8, 4) is 0 Å². The van der Waals surface area contributed by atoms with Crippen molar-refractivity contribution >= 4 is 35.0 Å². The number of carbonyl (C=O) groups is 2. The predicted molar refractivity (Wildman–Crippen MR) is 111 cm³/mol. The van der Waals surface area contributed by atoms with Crippen LogP contribution in [-0.2, 0) is 11.3 Å². The van der Waals surface area contributed by atoms with Crippen LogP contribution in [0.25, 0.3) is 0 Å². The fourth-order valence-electron chi connectivity index (χ4n) is 3.33. The molecular formula is C21H24ClN3O3. The van der Waals surface area contributed by atoms with Gasteiger partial charge in [0.15, 0.2) is 0 Å². The van der Waals surface area contributed by atoms with Crippen LogP contribution in [0, 0.1) is 5.92 Å². The molecule has 0 saturated carbocycles. The van der Waals surface area contributed by atoms with E-state index in [1.54, 1.807) is 36.2 Å². The number of carboxylic acids is 1. The predicted octanol–water partition coefficient (Wildman–Crippen LogP) is 4.30. The molecule has 2 aromatic rings. The van der Waals surface area contributed by atoms with Gasteiger partial charge in [0.05, 0.1) is 5.92 Å². The number of aliphatic carboxylic acids is 1. The Hall–Kier alpha value is -2.73. The number of hydrogen-bond donors (Lipinski definition) is 2. The van der Waals surface area contributed by atoms with E-state index in [4.69, 9.17) is 16.7 Å². The SMILES string of the molecule is CN(Cc1cccc(N2CCC(C(=O)O)CC2)c1)C(=O)Nc1ccc(Cl)cc1. The van der Waals surface area contributed by atoms with Crippen LogP contribution in [-0.4, -0.2) is 42.1 Å². The molecule has 148 valence electrons. The highest BCUT2D eigenvalue weighted by atomic mass is 35.5. The van der Waals surface area contributed by atoms with Crippen molar-refractivity contribution in [2.24, 2.45) is 5.92 Å². The second kappa shape index (κ2) is 8.97. The van der Waals surface area contributed by atoms with Crippen LogP contribution >= 0.6 is 11.6 Å². The summed E-state index contributed by atoms with van der Waals surface area (Å²) in [5.74, 6) is -0.955. The molecule has 0 aromatic heterocycles. The molecule has 1 aliphatic heterocycles. The minimum absolute atomic E-state index is 0.199. The second-order valence-electron chi connectivity index (χ2n) is 7.06. The van der Waals surface area contributed by atoms with E-state index < -0.39 is 5.97 Å². The molecule has 7 heteroatoms. The van der Waals surface area contributed by atoms with Gasteiger partial charge in [0.25, 0.3) is 0 Å². The minimum atomic E-state index is -0.707. The van der Waals surface area contributed by atoms with Crippen LogP contribution in [0.2, 0.25) is 5.02 Å². The number of carboxylic acid groups (broad SMARTS) is 1. The Labute approximate surface area is 169 Å². The lowest BCUT2D eigenvalue weighted by Crippen LogP contribution is -2.36. The fourth-order valence-corrected chi connectivity index (χ4v) is 3.46. The van der Waals surface area contributed by atoms with Gasteiger partial charge in [-0.25, -0.2) is 4.79 Å². The molecule has 0 spiro atoms. The van der Waals surface area contributed by atoms with Crippen LogP contribution in [0.4, 0.5) is 16.2 Å². The van der Waals surface area contributed by atoms with Crippen LogP contribution in [0.3, 0.4) is 0 Å². The summed E-state index contributed by atoms with van der Waals surface area (Å²) < 4.78 is 0. The van der Waals surface area contributed by atoms with E-state index in [2.05, 4.69) is 16.3 Å². The van der Waals surface area contributed by atoms with Gasteiger partial charge >= 0.3 is 12.0 Å². The molecule has 0 bridgehead atoms. The first-order valence-electron chi connectivity index (χ1n) is 9.27. The topological polar surface area (TPSA) is 72.9 Å². The summed E-state index contributed by atoms with van der Waals surface area (Å²) in [6, 6.07) is 14.8. The standard InChI is InChI=1S/C21H24ClN3O3/c1-24(21(28)23-18-7-5-17(22)6-8-18)14-15-3-2-4-19(13-15)25-11-9-16(10-12-25)20(26)27/h2-8,13,16H,9-12,14H2,1H3,(H,23,28)(H,26,27). The molecule has 2 amide bonds. The van der Waals surface area contributed by atoms with Crippen LogP contribution < -0.4 is 10.2 Å². The van der Waals surface area contributed by atoms with E-state index in [1.807, 2.05) is 18.2 Å². The maximum atomic E-state index is 12.4. The van der Waals surface area contributed by atoms with Gasteiger partial charge in [0.2, 0.25) is 0 Å². The number of anilines is 2. The van der Waals surface area contributed by atoms with E-state index in [0.717, 1.165) is 24.3 Å². The fraction of sp³-hybridized carbons (Fsp3) is 0.333. The summed E-state index contributed by atoms with van der Waals surface area (Å²) in [6.07, 6.45) is 1.31. The summed E-state index contributed by atoms with van der Waals surface area (Å²) >= 11 is 5.86. The molecule has 1 aliphatic rings. The number of halogens is 1. The first-order valence-corrected chi connectivity index (χ1v) is 9.64. The Kier molecular flexibility index (Phi) is 6.41. The first kappa shape index (κ1) is 20.0. The Balaban J connectivity index is 1.58. The van der Waals surface area contributed by atoms with Crippen molar-refractivity contribution in [1.29, 1.82) is 0 Å². The summed E-state index contributed by atoms with van der Waals surface area (Å²) in [5.41, 5.74) is 2.77. The van der Waals surface area contributed by atoms with Gasteiger partial charge < -0.3 is 20.2 Å². The number of piperidine rings is 1. The lowest BCUT2D eigenvalue weighted by molar-refractivity contribution is -0.142. The third-order valence-electron chi connectivity index (χ3n) is 4.98. The zero-order chi connectivity index (χ0) is 20.1. The number of hydrogen-bond acceptors (Lipinski definition) is 3. The van der Waals surface area contributed by atoms with Gasteiger partial charge in [-0.05, 0) is 54.8 Å². The number of benzene rings is 2. The lowest BCUT2D eigenvalue weighted by Gasteiger charge is -2.32. The number of carbonyl (C=O) groups excluding carboxylic acids is 1. The van der Waals surface area contributed by atoms with Crippen molar-refractivity contribution in [2.45, 2.75) is 19.4 Å². The highest BCUT2D eigenvalue weighted by Crippen LogP contribution is 2.24. The highest BCUT2D eigenvalue weighted by Gasteiger charge is 2.24. The molecule has 0 atom stereocenters. The summed E-state index contributed by atoms with van der Waals surface area (Å²) in [5, 5.41) is 12.6. The minimum Gasteiger partial charge on any atom is -0.481 e. The molecule has 0 unspecified atom stereocenters. The third-order valence-corrected chi connectivity index (χ3v) is 5.23. The largest absolute Gasteiger partial charge is 0.481 e. The van der Waals surface area contributed by atoms with Crippen molar-refractivity contribution in [3.05, 3.63) is 59.1 Å². The first-order chi connectivity index (χ1) is 13.4. The van der Waals surface area contributed by atoms with Crippen LogP contribution in [0.15, 0.2) is 48.5 Å². The molecule has 1 heterocycles. The molecule has 2 N–H and O–H groups in total. The van der Waals surface area contributed by atoms with Crippen molar-refractivity contribution in [1.82, 2.24) is 4.90 Å². The van der Waals surface area contributed by atoms with Gasteiger partial charge in [-0.3, -0.25) is 4.79 Å². The maximum absolute atomic E-state index is 12.4. The zero-order valence-corrected chi connectivity index (χ0v) is 16.5. The number of amides is 2. The Morgan fingerprint density at radius 2 is 1.86 bits per heavy atom. The summed E-state index contributed by atoms with van der Waals surface area (Å²) in [6.45, 7) is 1.93. The van der Waals surface area contributed by atoms with Crippen molar-refractivity contribution in [3.63, 3.8) is 0 Å². The number of urea groups is 1. The van der Waals surface area contributed by atoms with E-state index in [-0.39, 0.29) is 11.9 Å². The molecule has 1 fully saturated rings.